The minimum atomic E-state index is -0.361. The lowest BCUT2D eigenvalue weighted by Crippen LogP contribution is -1.86. The van der Waals surface area contributed by atoms with E-state index >= 15 is 0 Å². The highest BCUT2D eigenvalue weighted by atomic mass is 19.1. The largest absolute Gasteiger partial charge is 0.493 e. The van der Waals surface area contributed by atoms with Gasteiger partial charge in [-0.2, -0.15) is 0 Å². The third-order valence-electron chi connectivity index (χ3n) is 2.84. The second kappa shape index (κ2) is 4.11. The molecule has 1 aromatic heterocycles. The van der Waals surface area contributed by atoms with Crippen LogP contribution in [0.5, 0.6) is 5.88 Å². The lowest BCUT2D eigenvalue weighted by Gasteiger charge is -2.07. The lowest BCUT2D eigenvalue weighted by atomic mass is 10.0. The monoisotopic (exact) mass is 239 g/mol. The van der Waals surface area contributed by atoms with Gasteiger partial charge in [0.25, 0.3) is 0 Å². The molecular weight excluding hydrogens is 229 g/mol. The maximum Gasteiger partial charge on any atom is 0.211 e. The Balaban J connectivity index is 2.35. The van der Waals surface area contributed by atoms with Gasteiger partial charge in [0.05, 0.1) is 5.52 Å². The molecule has 0 amide bonds. The van der Waals surface area contributed by atoms with Gasteiger partial charge in [0.1, 0.15) is 5.82 Å². The fourth-order valence-corrected chi connectivity index (χ4v) is 2.04. The number of hydrogen-bond donors (Lipinski definition) is 1. The van der Waals surface area contributed by atoms with Crippen LogP contribution in [0.2, 0.25) is 0 Å². The van der Waals surface area contributed by atoms with E-state index in [9.17, 15) is 9.50 Å². The SMILES string of the molecule is Oc1cc(-c2ccccc2)c2ccc(F)cc2n1. The molecule has 0 aliphatic rings. The quantitative estimate of drug-likeness (QED) is 0.701. The Hall–Kier alpha value is -2.42. The summed E-state index contributed by atoms with van der Waals surface area (Å²) in [6.07, 6.45) is 0. The summed E-state index contributed by atoms with van der Waals surface area (Å²) in [5.41, 5.74) is 2.26. The molecule has 2 aromatic carbocycles. The van der Waals surface area contributed by atoms with E-state index in [0.29, 0.717) is 5.52 Å². The van der Waals surface area contributed by atoms with E-state index in [0.717, 1.165) is 16.5 Å². The zero-order valence-electron chi connectivity index (χ0n) is 9.47. The molecule has 3 heteroatoms. The van der Waals surface area contributed by atoms with Gasteiger partial charge >= 0.3 is 0 Å². The highest BCUT2D eigenvalue weighted by molar-refractivity contribution is 5.95. The summed E-state index contributed by atoms with van der Waals surface area (Å²) < 4.78 is 13.2. The number of aromatic nitrogens is 1. The normalized spacial score (nSPS) is 10.7. The zero-order chi connectivity index (χ0) is 12.5. The van der Waals surface area contributed by atoms with Gasteiger partial charge in [-0.25, -0.2) is 9.37 Å². The van der Waals surface area contributed by atoms with Crippen LogP contribution in [0, 0.1) is 5.82 Å². The third-order valence-corrected chi connectivity index (χ3v) is 2.84. The molecule has 0 unspecified atom stereocenters. The Kier molecular flexibility index (Phi) is 2.45. The van der Waals surface area contributed by atoms with Crippen molar-refractivity contribution in [3.05, 3.63) is 60.4 Å². The molecule has 3 aromatic rings. The number of nitrogens with zero attached hydrogens (tertiary/aromatic N) is 1. The highest BCUT2D eigenvalue weighted by Crippen LogP contribution is 2.30. The topological polar surface area (TPSA) is 33.1 Å². The minimum Gasteiger partial charge on any atom is -0.493 e. The Morgan fingerprint density at radius 3 is 2.50 bits per heavy atom. The molecule has 0 spiro atoms. The first-order chi connectivity index (χ1) is 8.74. The molecule has 0 fully saturated rings. The van der Waals surface area contributed by atoms with E-state index in [-0.39, 0.29) is 11.7 Å². The van der Waals surface area contributed by atoms with Crippen molar-refractivity contribution in [3.63, 3.8) is 0 Å². The molecule has 0 radical (unpaired) electrons. The maximum atomic E-state index is 13.2. The molecule has 88 valence electrons. The molecule has 0 aliphatic carbocycles. The van der Waals surface area contributed by atoms with Crippen LogP contribution in [0.25, 0.3) is 22.0 Å². The summed E-state index contributed by atoms with van der Waals surface area (Å²) >= 11 is 0. The lowest BCUT2D eigenvalue weighted by molar-refractivity contribution is 0.456. The van der Waals surface area contributed by atoms with E-state index < -0.39 is 0 Å². The molecule has 3 rings (SSSR count). The fraction of sp³-hybridized carbons (Fsp3) is 0. The van der Waals surface area contributed by atoms with Gasteiger partial charge in [-0.15, -0.1) is 0 Å². The molecule has 1 N–H and O–H groups in total. The van der Waals surface area contributed by atoms with E-state index in [4.69, 9.17) is 0 Å². The van der Waals surface area contributed by atoms with Gasteiger partial charge in [0, 0.05) is 17.5 Å². The first kappa shape index (κ1) is 10.7. The zero-order valence-corrected chi connectivity index (χ0v) is 9.47. The molecule has 0 aliphatic heterocycles. The van der Waals surface area contributed by atoms with Crippen molar-refractivity contribution < 1.29 is 9.50 Å². The summed E-state index contributed by atoms with van der Waals surface area (Å²) in [7, 11) is 0. The fourth-order valence-electron chi connectivity index (χ4n) is 2.04. The van der Waals surface area contributed by atoms with E-state index in [1.807, 2.05) is 30.3 Å². The number of pyridine rings is 1. The smallest absolute Gasteiger partial charge is 0.211 e. The minimum absolute atomic E-state index is 0.105. The van der Waals surface area contributed by atoms with Crippen molar-refractivity contribution in [3.8, 4) is 17.0 Å². The highest BCUT2D eigenvalue weighted by Gasteiger charge is 2.07. The number of benzene rings is 2. The molecule has 0 saturated carbocycles. The van der Waals surface area contributed by atoms with Crippen molar-refractivity contribution in [1.82, 2.24) is 4.98 Å². The molecule has 0 saturated heterocycles. The summed E-state index contributed by atoms with van der Waals surface area (Å²) in [6, 6.07) is 15.6. The van der Waals surface area contributed by atoms with E-state index in [1.54, 1.807) is 12.1 Å². The van der Waals surface area contributed by atoms with Gasteiger partial charge in [0.15, 0.2) is 0 Å². The first-order valence-corrected chi connectivity index (χ1v) is 5.59. The molecule has 18 heavy (non-hydrogen) atoms. The summed E-state index contributed by atoms with van der Waals surface area (Å²) in [6.45, 7) is 0. The average molecular weight is 239 g/mol. The van der Waals surface area contributed by atoms with Crippen LogP contribution in [0.15, 0.2) is 54.6 Å². The standard InChI is InChI=1S/C15H10FNO/c16-11-6-7-12-13(10-4-2-1-3-5-10)9-15(18)17-14(12)8-11/h1-9H,(H,17,18). The molecule has 0 bridgehead atoms. The Labute approximate surface area is 103 Å². The van der Waals surface area contributed by atoms with Crippen LogP contribution < -0.4 is 0 Å². The predicted octanol–water partition coefficient (Wildman–Crippen LogP) is 3.75. The average Bonchev–Trinajstić information content (AvgIpc) is 2.38. The molecular formula is C15H10FNO. The molecule has 2 nitrogen and oxygen atoms in total. The Bertz CT molecular complexity index is 705. The van der Waals surface area contributed by atoms with Crippen molar-refractivity contribution in [2.75, 3.05) is 0 Å². The summed E-state index contributed by atoms with van der Waals surface area (Å²) in [5, 5.41) is 10.4. The number of halogens is 1. The van der Waals surface area contributed by atoms with E-state index in [1.165, 1.54) is 12.1 Å². The number of hydrogen-bond acceptors (Lipinski definition) is 2. The molecule has 0 atom stereocenters. The van der Waals surface area contributed by atoms with Crippen LogP contribution >= 0.6 is 0 Å². The van der Waals surface area contributed by atoms with Crippen LogP contribution in [-0.2, 0) is 0 Å². The van der Waals surface area contributed by atoms with Gasteiger partial charge in [-0.05, 0) is 23.3 Å². The number of fused-ring (bicyclic) bond motifs is 1. The van der Waals surface area contributed by atoms with Crippen molar-refractivity contribution in [1.29, 1.82) is 0 Å². The van der Waals surface area contributed by atoms with Gasteiger partial charge in [0.2, 0.25) is 5.88 Å². The van der Waals surface area contributed by atoms with Crippen LogP contribution in [0.1, 0.15) is 0 Å². The van der Waals surface area contributed by atoms with Gasteiger partial charge in [-0.1, -0.05) is 30.3 Å². The Morgan fingerprint density at radius 2 is 1.72 bits per heavy atom. The Morgan fingerprint density at radius 1 is 0.944 bits per heavy atom. The second-order valence-electron chi connectivity index (χ2n) is 4.06. The van der Waals surface area contributed by atoms with E-state index in [2.05, 4.69) is 4.98 Å². The number of rotatable bonds is 1. The third kappa shape index (κ3) is 1.80. The van der Waals surface area contributed by atoms with Crippen LogP contribution in [0.4, 0.5) is 4.39 Å². The second-order valence-corrected chi connectivity index (χ2v) is 4.06. The van der Waals surface area contributed by atoms with Gasteiger partial charge < -0.3 is 5.11 Å². The van der Waals surface area contributed by atoms with Crippen molar-refractivity contribution in [2.24, 2.45) is 0 Å². The molecule has 1 heterocycles. The predicted molar refractivity (Wildman–Crippen MR) is 68.8 cm³/mol. The van der Waals surface area contributed by atoms with Crippen molar-refractivity contribution in [2.45, 2.75) is 0 Å². The summed E-state index contributed by atoms with van der Waals surface area (Å²) in [4.78, 5) is 3.94. The number of aromatic hydroxyl groups is 1. The van der Waals surface area contributed by atoms with Crippen LogP contribution in [0.3, 0.4) is 0 Å². The summed E-state index contributed by atoms with van der Waals surface area (Å²) in [5.74, 6) is -0.466. The maximum absolute atomic E-state index is 13.2. The van der Waals surface area contributed by atoms with Crippen molar-refractivity contribution >= 4 is 10.9 Å². The van der Waals surface area contributed by atoms with Crippen LogP contribution in [-0.4, -0.2) is 10.1 Å². The van der Waals surface area contributed by atoms with Gasteiger partial charge in [-0.3, -0.25) is 0 Å². The first-order valence-electron chi connectivity index (χ1n) is 5.59.